The van der Waals surface area contributed by atoms with Crippen molar-refractivity contribution in [2.75, 3.05) is 26.3 Å². The van der Waals surface area contributed by atoms with Crippen molar-refractivity contribution in [3.63, 3.8) is 0 Å². The van der Waals surface area contributed by atoms with Crippen LogP contribution in [0, 0.1) is 11.3 Å². The second-order valence-corrected chi connectivity index (χ2v) is 6.59. The predicted molar refractivity (Wildman–Crippen MR) is 82.5 cm³/mol. The van der Waals surface area contributed by atoms with Crippen LogP contribution < -0.4 is 11.1 Å². The largest absolute Gasteiger partial charge is 0.380 e. The molecule has 0 unspecified atom stereocenters. The predicted octanol–water partition coefficient (Wildman–Crippen LogP) is 2.46. The Morgan fingerprint density at radius 2 is 1.95 bits per heavy atom. The average molecular weight is 284 g/mol. The van der Waals surface area contributed by atoms with Crippen molar-refractivity contribution in [3.05, 3.63) is 0 Å². The van der Waals surface area contributed by atoms with Crippen molar-refractivity contribution in [2.45, 2.75) is 58.8 Å². The van der Waals surface area contributed by atoms with Gasteiger partial charge in [-0.3, -0.25) is 4.79 Å². The monoisotopic (exact) mass is 284 g/mol. The minimum atomic E-state index is 0.0564. The molecule has 0 aromatic carbocycles. The molecular weight excluding hydrogens is 252 g/mol. The molecule has 4 heteroatoms. The maximum atomic E-state index is 12.0. The number of amides is 1. The number of nitrogens with one attached hydrogen (secondary N) is 1. The Balaban J connectivity index is 2.13. The van der Waals surface area contributed by atoms with E-state index in [-0.39, 0.29) is 11.3 Å². The summed E-state index contributed by atoms with van der Waals surface area (Å²) >= 11 is 0. The van der Waals surface area contributed by atoms with E-state index in [1.54, 1.807) is 0 Å². The van der Waals surface area contributed by atoms with Gasteiger partial charge in [-0.15, -0.1) is 0 Å². The van der Waals surface area contributed by atoms with Gasteiger partial charge in [0.25, 0.3) is 0 Å². The van der Waals surface area contributed by atoms with Crippen molar-refractivity contribution in [1.82, 2.24) is 5.32 Å². The molecular formula is C16H32N2O2. The van der Waals surface area contributed by atoms with Crippen LogP contribution in [0.4, 0.5) is 0 Å². The van der Waals surface area contributed by atoms with Crippen LogP contribution in [0.15, 0.2) is 0 Å². The first-order chi connectivity index (χ1) is 9.58. The molecule has 1 amide bonds. The maximum Gasteiger partial charge on any atom is 0.220 e. The Morgan fingerprint density at radius 3 is 2.55 bits per heavy atom. The van der Waals surface area contributed by atoms with Gasteiger partial charge in [-0.25, -0.2) is 0 Å². The minimum Gasteiger partial charge on any atom is -0.380 e. The highest BCUT2D eigenvalue weighted by atomic mass is 16.5. The minimum absolute atomic E-state index is 0.0564. The van der Waals surface area contributed by atoms with Crippen LogP contribution in [0.5, 0.6) is 0 Å². The summed E-state index contributed by atoms with van der Waals surface area (Å²) in [6.07, 6.45) is 7.56. The molecule has 4 nitrogen and oxygen atoms in total. The molecule has 118 valence electrons. The van der Waals surface area contributed by atoms with E-state index < -0.39 is 0 Å². The molecule has 3 N–H and O–H groups in total. The summed E-state index contributed by atoms with van der Waals surface area (Å²) in [5.74, 6) is 0.796. The van der Waals surface area contributed by atoms with Crippen LogP contribution in [0.25, 0.3) is 0 Å². The number of nitrogens with two attached hydrogens (primary N) is 1. The molecule has 20 heavy (non-hydrogen) atoms. The van der Waals surface area contributed by atoms with Crippen molar-refractivity contribution in [3.8, 4) is 0 Å². The van der Waals surface area contributed by atoms with E-state index in [0.29, 0.717) is 32.0 Å². The second-order valence-electron chi connectivity index (χ2n) is 6.59. The molecule has 1 saturated carbocycles. The Kier molecular flexibility index (Phi) is 8.15. The Hall–Kier alpha value is -0.610. The van der Waals surface area contributed by atoms with Gasteiger partial charge in [0.15, 0.2) is 0 Å². The summed E-state index contributed by atoms with van der Waals surface area (Å²) in [4.78, 5) is 12.0. The lowest BCUT2D eigenvalue weighted by molar-refractivity contribution is -0.124. The fourth-order valence-corrected chi connectivity index (χ4v) is 2.84. The Labute approximate surface area is 123 Å². The van der Waals surface area contributed by atoms with Crippen LogP contribution in [-0.2, 0) is 9.53 Å². The molecule has 0 atom stereocenters. The first-order valence-electron chi connectivity index (χ1n) is 8.12. The van der Waals surface area contributed by atoms with Gasteiger partial charge in [0.05, 0.1) is 6.61 Å². The standard InChI is InChI=1S/C16H32N2O2/c1-14(2)6-10-20-11-9-18-15(19)12-16(13-17)7-4-3-5-8-16/h14H,3-13,17H2,1-2H3,(H,18,19). The third kappa shape index (κ3) is 6.71. The number of carbonyl (C=O) groups is 1. The molecule has 0 aromatic rings. The molecule has 1 aliphatic carbocycles. The summed E-state index contributed by atoms with van der Waals surface area (Å²) in [7, 11) is 0. The van der Waals surface area contributed by atoms with E-state index in [1.807, 2.05) is 0 Å². The average Bonchev–Trinajstić information content (AvgIpc) is 2.43. The van der Waals surface area contributed by atoms with Gasteiger partial charge in [0, 0.05) is 19.6 Å². The van der Waals surface area contributed by atoms with Crippen molar-refractivity contribution in [1.29, 1.82) is 0 Å². The van der Waals surface area contributed by atoms with E-state index in [2.05, 4.69) is 19.2 Å². The summed E-state index contributed by atoms with van der Waals surface area (Å²) in [5.41, 5.74) is 5.96. The van der Waals surface area contributed by atoms with Crippen LogP contribution in [0.2, 0.25) is 0 Å². The van der Waals surface area contributed by atoms with Gasteiger partial charge < -0.3 is 15.8 Å². The number of rotatable bonds is 9. The summed E-state index contributed by atoms with van der Waals surface area (Å²) < 4.78 is 5.50. The molecule has 1 fully saturated rings. The number of carbonyl (C=O) groups excluding carboxylic acids is 1. The van der Waals surface area contributed by atoms with E-state index in [0.717, 1.165) is 25.9 Å². The topological polar surface area (TPSA) is 64.3 Å². The SMILES string of the molecule is CC(C)CCOCCNC(=O)CC1(CN)CCCCC1. The van der Waals surface area contributed by atoms with Gasteiger partial charge in [-0.2, -0.15) is 0 Å². The van der Waals surface area contributed by atoms with Gasteiger partial charge in [-0.05, 0) is 37.1 Å². The fraction of sp³-hybridized carbons (Fsp3) is 0.938. The fourth-order valence-electron chi connectivity index (χ4n) is 2.84. The van der Waals surface area contributed by atoms with Gasteiger partial charge in [0.2, 0.25) is 5.91 Å². The van der Waals surface area contributed by atoms with Gasteiger partial charge in [-0.1, -0.05) is 33.1 Å². The van der Waals surface area contributed by atoms with E-state index in [9.17, 15) is 4.79 Å². The normalized spacial score (nSPS) is 18.2. The zero-order valence-electron chi connectivity index (χ0n) is 13.2. The summed E-state index contributed by atoms with van der Waals surface area (Å²) in [5, 5.41) is 2.96. The van der Waals surface area contributed by atoms with Crippen molar-refractivity contribution in [2.24, 2.45) is 17.1 Å². The lowest BCUT2D eigenvalue weighted by Gasteiger charge is -2.35. The molecule has 0 aromatic heterocycles. The van der Waals surface area contributed by atoms with Crippen LogP contribution in [-0.4, -0.2) is 32.2 Å². The summed E-state index contributed by atoms with van der Waals surface area (Å²) in [6, 6.07) is 0. The quantitative estimate of drug-likeness (QED) is 0.639. The highest BCUT2D eigenvalue weighted by Gasteiger charge is 2.32. The molecule has 0 aliphatic heterocycles. The Morgan fingerprint density at radius 1 is 1.25 bits per heavy atom. The number of hydrogen-bond acceptors (Lipinski definition) is 3. The van der Waals surface area contributed by atoms with E-state index >= 15 is 0 Å². The zero-order valence-corrected chi connectivity index (χ0v) is 13.2. The van der Waals surface area contributed by atoms with Crippen LogP contribution in [0.3, 0.4) is 0 Å². The molecule has 1 aliphatic rings. The number of ether oxygens (including phenoxy) is 1. The smallest absolute Gasteiger partial charge is 0.220 e. The lowest BCUT2D eigenvalue weighted by atomic mass is 9.72. The van der Waals surface area contributed by atoms with Crippen LogP contribution >= 0.6 is 0 Å². The molecule has 0 saturated heterocycles. The van der Waals surface area contributed by atoms with Crippen molar-refractivity contribution < 1.29 is 9.53 Å². The third-order valence-corrected chi connectivity index (χ3v) is 4.29. The molecule has 0 spiro atoms. The van der Waals surface area contributed by atoms with E-state index in [1.165, 1.54) is 19.3 Å². The Bertz CT molecular complexity index is 274. The maximum absolute atomic E-state index is 12.0. The molecule has 0 radical (unpaired) electrons. The highest BCUT2D eigenvalue weighted by Crippen LogP contribution is 2.38. The molecule has 1 rings (SSSR count). The first-order valence-corrected chi connectivity index (χ1v) is 8.12. The van der Waals surface area contributed by atoms with Crippen molar-refractivity contribution >= 4 is 5.91 Å². The summed E-state index contributed by atoms with van der Waals surface area (Å²) in [6.45, 7) is 6.99. The van der Waals surface area contributed by atoms with E-state index in [4.69, 9.17) is 10.5 Å². The molecule has 0 bridgehead atoms. The lowest BCUT2D eigenvalue weighted by Crippen LogP contribution is -2.39. The highest BCUT2D eigenvalue weighted by molar-refractivity contribution is 5.76. The van der Waals surface area contributed by atoms with Gasteiger partial charge in [0.1, 0.15) is 0 Å². The van der Waals surface area contributed by atoms with Gasteiger partial charge >= 0.3 is 0 Å². The van der Waals surface area contributed by atoms with Crippen LogP contribution in [0.1, 0.15) is 58.8 Å². The number of hydrogen-bond donors (Lipinski definition) is 2. The first kappa shape index (κ1) is 17.4. The zero-order chi connectivity index (χ0) is 14.8. The third-order valence-electron chi connectivity index (χ3n) is 4.29. The molecule has 0 heterocycles. The second kappa shape index (κ2) is 9.35.